The fraction of sp³-hybridized carbons (Fsp3) is 0.375. The van der Waals surface area contributed by atoms with Crippen LogP contribution in [0.1, 0.15) is 40.7 Å². The molecule has 2 aromatic carbocycles. The van der Waals surface area contributed by atoms with E-state index < -0.39 is 0 Å². The van der Waals surface area contributed by atoms with Gasteiger partial charge in [-0.15, -0.1) is 0 Å². The second-order valence-electron chi connectivity index (χ2n) is 8.77. The van der Waals surface area contributed by atoms with Gasteiger partial charge in [0.2, 0.25) is 11.8 Å². The van der Waals surface area contributed by atoms with Crippen molar-refractivity contribution in [1.29, 1.82) is 0 Å². The predicted molar refractivity (Wildman–Crippen MR) is 111 cm³/mol. The Kier molecular flexibility index (Phi) is 4.09. The first-order valence-corrected chi connectivity index (χ1v) is 10.3. The van der Waals surface area contributed by atoms with E-state index in [0.29, 0.717) is 23.1 Å². The highest BCUT2D eigenvalue weighted by atomic mass is 16.2. The van der Waals surface area contributed by atoms with Gasteiger partial charge in [0.05, 0.1) is 17.5 Å². The minimum Gasteiger partial charge on any atom is -0.322 e. The average molecular weight is 388 g/mol. The summed E-state index contributed by atoms with van der Waals surface area (Å²) in [5.41, 5.74) is 3.98. The summed E-state index contributed by atoms with van der Waals surface area (Å²) < 4.78 is 0. The Morgan fingerprint density at radius 1 is 0.897 bits per heavy atom. The molecule has 1 heterocycles. The Hall–Kier alpha value is -2.95. The molecule has 3 fully saturated rings. The molecule has 2 aromatic rings. The van der Waals surface area contributed by atoms with Crippen molar-refractivity contribution in [3.8, 4) is 0 Å². The zero-order valence-corrected chi connectivity index (χ0v) is 16.6. The third-order valence-corrected chi connectivity index (χ3v) is 6.79. The maximum absolute atomic E-state index is 12.9. The molecule has 5 nitrogen and oxygen atoms in total. The minimum absolute atomic E-state index is 0.0559. The van der Waals surface area contributed by atoms with Crippen molar-refractivity contribution in [2.75, 3.05) is 10.2 Å². The smallest absolute Gasteiger partial charge is 0.255 e. The van der Waals surface area contributed by atoms with E-state index >= 15 is 0 Å². The third-order valence-electron chi connectivity index (χ3n) is 6.79. The van der Waals surface area contributed by atoms with Crippen LogP contribution in [0.25, 0.3) is 0 Å². The highest BCUT2D eigenvalue weighted by molar-refractivity contribution is 6.22. The molecule has 2 bridgehead atoms. The lowest BCUT2D eigenvalue weighted by atomic mass is 9.81. The van der Waals surface area contributed by atoms with Crippen molar-refractivity contribution < 1.29 is 14.4 Å². The summed E-state index contributed by atoms with van der Waals surface area (Å²) in [6.45, 7) is 3.98. The number of aryl methyl sites for hydroxylation is 2. The Morgan fingerprint density at radius 3 is 2.00 bits per heavy atom. The normalized spacial score (nSPS) is 27.4. The van der Waals surface area contributed by atoms with Crippen molar-refractivity contribution in [1.82, 2.24) is 0 Å². The van der Waals surface area contributed by atoms with Gasteiger partial charge in [-0.25, -0.2) is 0 Å². The Balaban J connectivity index is 1.34. The standard InChI is InChI=1S/C24H24N2O3/c1-13-9-14(2)11-18(10-13)25-22(27)15-5-7-19(8-6-15)26-23(28)20-16-3-4-17(12-16)21(20)24(26)29/h5-11,16-17,20-21H,3-4,12H2,1-2H3,(H,25,27)/t16-,17+,20-,21-/m0/s1. The van der Waals surface area contributed by atoms with Gasteiger partial charge >= 0.3 is 0 Å². The van der Waals surface area contributed by atoms with Crippen LogP contribution in [0.2, 0.25) is 0 Å². The summed E-state index contributed by atoms with van der Waals surface area (Å²) >= 11 is 0. The molecular weight excluding hydrogens is 364 g/mol. The average Bonchev–Trinajstić information content (AvgIpc) is 3.35. The van der Waals surface area contributed by atoms with Gasteiger partial charge < -0.3 is 5.32 Å². The number of fused-ring (bicyclic) bond motifs is 5. The second-order valence-corrected chi connectivity index (χ2v) is 8.77. The molecule has 2 saturated carbocycles. The number of carbonyl (C=O) groups excluding carboxylic acids is 3. The van der Waals surface area contributed by atoms with Gasteiger partial charge in [-0.3, -0.25) is 19.3 Å². The van der Waals surface area contributed by atoms with Crippen molar-refractivity contribution in [3.05, 3.63) is 59.2 Å². The number of amides is 3. The number of carbonyl (C=O) groups is 3. The quantitative estimate of drug-likeness (QED) is 0.806. The molecule has 0 spiro atoms. The molecule has 3 aliphatic rings. The summed E-state index contributed by atoms with van der Waals surface area (Å²) in [5, 5.41) is 2.91. The van der Waals surface area contributed by atoms with Crippen LogP contribution in [0.15, 0.2) is 42.5 Å². The van der Waals surface area contributed by atoms with E-state index in [4.69, 9.17) is 0 Å². The molecule has 5 heteroatoms. The molecule has 148 valence electrons. The highest BCUT2D eigenvalue weighted by Crippen LogP contribution is 2.56. The van der Waals surface area contributed by atoms with Crippen LogP contribution in [0.3, 0.4) is 0 Å². The Morgan fingerprint density at radius 2 is 1.45 bits per heavy atom. The molecule has 29 heavy (non-hydrogen) atoms. The number of anilines is 2. The summed E-state index contributed by atoms with van der Waals surface area (Å²) in [7, 11) is 0. The summed E-state index contributed by atoms with van der Waals surface area (Å²) in [6.07, 6.45) is 3.16. The van der Waals surface area contributed by atoms with Crippen LogP contribution in [0.4, 0.5) is 11.4 Å². The van der Waals surface area contributed by atoms with Gasteiger partial charge in [-0.1, -0.05) is 6.07 Å². The van der Waals surface area contributed by atoms with Crippen molar-refractivity contribution in [3.63, 3.8) is 0 Å². The van der Waals surface area contributed by atoms with Crippen molar-refractivity contribution >= 4 is 29.1 Å². The fourth-order valence-electron chi connectivity index (χ4n) is 5.68. The van der Waals surface area contributed by atoms with Gasteiger partial charge in [0.25, 0.3) is 5.91 Å². The molecule has 2 aliphatic carbocycles. The van der Waals surface area contributed by atoms with Gasteiger partial charge in [-0.05, 0) is 92.5 Å². The van der Waals surface area contributed by atoms with Gasteiger partial charge in [0.15, 0.2) is 0 Å². The van der Waals surface area contributed by atoms with E-state index in [1.807, 2.05) is 26.0 Å². The zero-order valence-electron chi connectivity index (χ0n) is 16.6. The number of rotatable bonds is 3. The lowest BCUT2D eigenvalue weighted by Gasteiger charge is -2.19. The maximum Gasteiger partial charge on any atom is 0.255 e. The van der Waals surface area contributed by atoms with E-state index in [9.17, 15) is 14.4 Å². The molecule has 3 amide bonds. The van der Waals surface area contributed by atoms with Crippen LogP contribution in [-0.2, 0) is 9.59 Å². The lowest BCUT2D eigenvalue weighted by Crippen LogP contribution is -2.32. The second kappa shape index (κ2) is 6.55. The zero-order chi connectivity index (χ0) is 20.3. The first-order valence-electron chi connectivity index (χ1n) is 10.3. The molecule has 1 saturated heterocycles. The van der Waals surface area contributed by atoms with Crippen LogP contribution in [0.5, 0.6) is 0 Å². The largest absolute Gasteiger partial charge is 0.322 e. The number of nitrogens with one attached hydrogen (secondary N) is 1. The number of nitrogens with zero attached hydrogens (tertiary/aromatic N) is 1. The summed E-state index contributed by atoms with van der Waals surface area (Å²) in [5.74, 6) is 0.154. The van der Waals surface area contributed by atoms with E-state index in [0.717, 1.165) is 36.1 Å². The monoisotopic (exact) mass is 388 g/mol. The van der Waals surface area contributed by atoms with E-state index in [1.54, 1.807) is 24.3 Å². The maximum atomic E-state index is 12.9. The van der Waals surface area contributed by atoms with Crippen molar-refractivity contribution in [2.45, 2.75) is 33.1 Å². The molecule has 0 aromatic heterocycles. The van der Waals surface area contributed by atoms with Gasteiger partial charge in [-0.2, -0.15) is 0 Å². The Labute approximate surface area is 170 Å². The highest BCUT2D eigenvalue weighted by Gasteiger charge is 2.61. The van der Waals surface area contributed by atoms with Gasteiger partial charge in [0.1, 0.15) is 0 Å². The van der Waals surface area contributed by atoms with Crippen LogP contribution in [0, 0.1) is 37.5 Å². The lowest BCUT2D eigenvalue weighted by molar-refractivity contribution is -0.123. The molecule has 0 unspecified atom stereocenters. The summed E-state index contributed by atoms with van der Waals surface area (Å²) in [6, 6.07) is 12.7. The van der Waals surface area contributed by atoms with E-state index in [-0.39, 0.29) is 29.6 Å². The molecule has 1 aliphatic heterocycles. The summed E-state index contributed by atoms with van der Waals surface area (Å²) in [4.78, 5) is 39.8. The molecule has 1 N–H and O–H groups in total. The van der Waals surface area contributed by atoms with Crippen molar-refractivity contribution in [2.24, 2.45) is 23.7 Å². The first kappa shape index (κ1) is 18.1. The topological polar surface area (TPSA) is 66.5 Å². The first-order chi connectivity index (χ1) is 13.9. The third kappa shape index (κ3) is 2.87. The number of benzene rings is 2. The molecule has 4 atom stereocenters. The predicted octanol–water partition coefficient (Wildman–Crippen LogP) is 4.09. The minimum atomic E-state index is -0.212. The SMILES string of the molecule is Cc1cc(C)cc(NC(=O)c2ccc(N3C(=O)[C@H]4[C@@H]5CC[C@@H](C5)[C@@H]4C3=O)cc2)c1. The number of hydrogen-bond donors (Lipinski definition) is 1. The van der Waals surface area contributed by atoms with Gasteiger partial charge in [0, 0.05) is 11.3 Å². The van der Waals surface area contributed by atoms with Crippen LogP contribution in [-0.4, -0.2) is 17.7 Å². The van der Waals surface area contributed by atoms with E-state index in [1.165, 1.54) is 4.90 Å². The van der Waals surface area contributed by atoms with Crippen LogP contribution >= 0.6 is 0 Å². The van der Waals surface area contributed by atoms with E-state index in [2.05, 4.69) is 11.4 Å². The molecule has 5 rings (SSSR count). The Bertz CT molecular complexity index is 979. The molecule has 0 radical (unpaired) electrons. The number of imide groups is 1. The number of hydrogen-bond acceptors (Lipinski definition) is 3. The fourth-order valence-corrected chi connectivity index (χ4v) is 5.68. The molecular formula is C24H24N2O3. The van der Waals surface area contributed by atoms with Crippen LogP contribution < -0.4 is 10.2 Å².